The molecule has 0 saturated carbocycles. The van der Waals surface area contributed by atoms with Crippen LogP contribution in [0.3, 0.4) is 0 Å². The summed E-state index contributed by atoms with van der Waals surface area (Å²) in [6.45, 7) is 3.82. The Bertz CT molecular complexity index is 1030. The minimum atomic E-state index is -0.294. The number of methoxy groups -OCH3 is 1. The van der Waals surface area contributed by atoms with Gasteiger partial charge in [0.15, 0.2) is 0 Å². The molecule has 30 heavy (non-hydrogen) atoms. The molecule has 6 heteroatoms. The second kappa shape index (κ2) is 9.98. The monoisotopic (exact) mass is 420 g/mol. The summed E-state index contributed by atoms with van der Waals surface area (Å²) < 4.78 is 5.12. The van der Waals surface area contributed by atoms with Gasteiger partial charge in [0.2, 0.25) is 5.91 Å². The van der Waals surface area contributed by atoms with E-state index in [2.05, 4.69) is 10.6 Å². The molecule has 2 N–H and O–H groups in total. The smallest absolute Gasteiger partial charge is 0.255 e. The van der Waals surface area contributed by atoms with E-state index < -0.39 is 0 Å². The number of amides is 2. The number of carbonyl (C=O) groups is 2. The van der Waals surface area contributed by atoms with Gasteiger partial charge >= 0.3 is 0 Å². The van der Waals surface area contributed by atoms with Crippen molar-refractivity contribution in [2.75, 3.05) is 17.7 Å². The number of hydrogen-bond donors (Lipinski definition) is 2. The lowest BCUT2D eigenvalue weighted by Gasteiger charge is -2.14. The Balaban J connectivity index is 1.62. The molecule has 0 aliphatic carbocycles. The number of aryl methyl sites for hydroxylation is 1. The number of ether oxygens (including phenoxy) is 1. The van der Waals surface area contributed by atoms with E-state index in [1.165, 1.54) is 11.8 Å². The summed E-state index contributed by atoms with van der Waals surface area (Å²) in [4.78, 5) is 25.9. The predicted octanol–water partition coefficient (Wildman–Crippen LogP) is 5.38. The van der Waals surface area contributed by atoms with Gasteiger partial charge in [-0.2, -0.15) is 0 Å². The van der Waals surface area contributed by atoms with Crippen molar-refractivity contribution in [3.8, 4) is 5.75 Å². The molecular formula is C24H24N2O3S. The first-order chi connectivity index (χ1) is 14.5. The van der Waals surface area contributed by atoms with Gasteiger partial charge in [0.25, 0.3) is 5.91 Å². The van der Waals surface area contributed by atoms with Crippen LogP contribution in [0.4, 0.5) is 11.4 Å². The van der Waals surface area contributed by atoms with Gasteiger partial charge in [-0.15, -0.1) is 11.8 Å². The van der Waals surface area contributed by atoms with E-state index >= 15 is 0 Å². The van der Waals surface area contributed by atoms with Crippen LogP contribution in [-0.4, -0.2) is 24.2 Å². The fourth-order valence-corrected chi connectivity index (χ4v) is 3.72. The maximum Gasteiger partial charge on any atom is 0.255 e. The largest absolute Gasteiger partial charge is 0.497 e. The maximum atomic E-state index is 12.6. The molecule has 1 atom stereocenters. The van der Waals surface area contributed by atoms with E-state index in [1.807, 2.05) is 62.4 Å². The Kier molecular flexibility index (Phi) is 7.14. The fourth-order valence-electron chi connectivity index (χ4n) is 2.80. The molecule has 5 nitrogen and oxygen atoms in total. The first-order valence-corrected chi connectivity index (χ1v) is 10.4. The highest BCUT2D eigenvalue weighted by molar-refractivity contribution is 8.00. The minimum absolute atomic E-state index is 0.0676. The molecular weight excluding hydrogens is 396 g/mol. The molecule has 0 fully saturated rings. The zero-order valence-electron chi connectivity index (χ0n) is 17.1. The molecule has 0 saturated heterocycles. The molecule has 3 rings (SSSR count). The molecule has 0 heterocycles. The summed E-state index contributed by atoms with van der Waals surface area (Å²) in [5, 5.41) is 5.57. The Morgan fingerprint density at radius 3 is 2.37 bits per heavy atom. The van der Waals surface area contributed by atoms with E-state index in [9.17, 15) is 9.59 Å². The van der Waals surface area contributed by atoms with Gasteiger partial charge in [-0.25, -0.2) is 0 Å². The highest BCUT2D eigenvalue weighted by atomic mass is 32.2. The Labute approximate surface area is 180 Å². The molecule has 2 amide bonds. The Hall–Kier alpha value is -3.25. The molecule has 0 aromatic heterocycles. The van der Waals surface area contributed by atoms with Gasteiger partial charge in [-0.1, -0.05) is 24.3 Å². The maximum absolute atomic E-state index is 12.6. The molecule has 0 aliphatic rings. The lowest BCUT2D eigenvalue weighted by Crippen LogP contribution is -2.22. The highest BCUT2D eigenvalue weighted by Crippen LogP contribution is 2.27. The quantitative estimate of drug-likeness (QED) is 0.504. The third kappa shape index (κ3) is 5.64. The summed E-state index contributed by atoms with van der Waals surface area (Å²) in [6, 6.07) is 22.1. The molecule has 0 aliphatic heterocycles. The molecule has 0 radical (unpaired) electrons. The number of rotatable bonds is 7. The van der Waals surface area contributed by atoms with Gasteiger partial charge in [0.05, 0.1) is 12.4 Å². The van der Waals surface area contributed by atoms with Gasteiger partial charge < -0.3 is 15.4 Å². The van der Waals surface area contributed by atoms with E-state index in [0.29, 0.717) is 17.0 Å². The van der Waals surface area contributed by atoms with Crippen molar-refractivity contribution in [2.45, 2.75) is 24.0 Å². The molecule has 0 bridgehead atoms. The normalized spacial score (nSPS) is 11.4. The van der Waals surface area contributed by atoms with Crippen molar-refractivity contribution in [3.05, 3.63) is 83.9 Å². The number of nitrogens with one attached hydrogen (secondary N) is 2. The number of benzene rings is 3. The summed E-state index contributed by atoms with van der Waals surface area (Å²) in [7, 11) is 1.58. The summed E-state index contributed by atoms with van der Waals surface area (Å²) >= 11 is 1.44. The third-order valence-electron chi connectivity index (χ3n) is 4.53. The van der Waals surface area contributed by atoms with E-state index in [1.54, 1.807) is 31.4 Å². The number of carbonyl (C=O) groups excluding carboxylic acids is 2. The van der Waals surface area contributed by atoms with Gasteiger partial charge in [-0.3, -0.25) is 9.59 Å². The summed E-state index contributed by atoms with van der Waals surface area (Å²) in [5.41, 5.74) is 3.05. The molecule has 3 aromatic rings. The van der Waals surface area contributed by atoms with Crippen molar-refractivity contribution in [1.29, 1.82) is 0 Å². The number of para-hydroxylation sites is 1. The van der Waals surface area contributed by atoms with E-state index in [-0.39, 0.29) is 17.1 Å². The SMILES string of the molecule is COc1ccc(C(=O)Nc2cccc(SC(C)C(=O)Nc3ccccc3C)c2)cc1. The second-order valence-electron chi connectivity index (χ2n) is 6.77. The van der Waals surface area contributed by atoms with Crippen LogP contribution >= 0.6 is 11.8 Å². The number of anilines is 2. The van der Waals surface area contributed by atoms with Crippen molar-refractivity contribution < 1.29 is 14.3 Å². The van der Waals surface area contributed by atoms with Crippen molar-refractivity contribution in [3.63, 3.8) is 0 Å². The molecule has 1 unspecified atom stereocenters. The molecule has 0 spiro atoms. The first kappa shape index (κ1) is 21.5. The van der Waals surface area contributed by atoms with Crippen LogP contribution in [0.25, 0.3) is 0 Å². The van der Waals surface area contributed by atoms with Crippen LogP contribution in [0.15, 0.2) is 77.7 Å². The van der Waals surface area contributed by atoms with Crippen molar-refractivity contribution in [2.24, 2.45) is 0 Å². The summed E-state index contributed by atoms with van der Waals surface area (Å²) in [5.74, 6) is 0.426. The van der Waals surface area contributed by atoms with Crippen molar-refractivity contribution >= 4 is 35.0 Å². The highest BCUT2D eigenvalue weighted by Gasteiger charge is 2.16. The zero-order chi connectivity index (χ0) is 21.5. The lowest BCUT2D eigenvalue weighted by molar-refractivity contribution is -0.115. The van der Waals surface area contributed by atoms with Gasteiger partial charge in [0, 0.05) is 21.8 Å². The number of hydrogen-bond acceptors (Lipinski definition) is 4. The van der Waals surface area contributed by atoms with Gasteiger partial charge in [0.1, 0.15) is 5.75 Å². The first-order valence-electron chi connectivity index (χ1n) is 9.55. The lowest BCUT2D eigenvalue weighted by atomic mass is 10.2. The predicted molar refractivity (Wildman–Crippen MR) is 123 cm³/mol. The Morgan fingerprint density at radius 2 is 1.67 bits per heavy atom. The third-order valence-corrected chi connectivity index (χ3v) is 5.62. The molecule has 3 aromatic carbocycles. The van der Waals surface area contributed by atoms with E-state index in [0.717, 1.165) is 16.1 Å². The average Bonchev–Trinajstić information content (AvgIpc) is 2.75. The summed E-state index contributed by atoms with van der Waals surface area (Å²) in [6.07, 6.45) is 0. The average molecular weight is 421 g/mol. The van der Waals surface area contributed by atoms with E-state index in [4.69, 9.17) is 4.74 Å². The van der Waals surface area contributed by atoms with Gasteiger partial charge in [-0.05, 0) is 67.9 Å². The minimum Gasteiger partial charge on any atom is -0.497 e. The van der Waals surface area contributed by atoms with Crippen LogP contribution < -0.4 is 15.4 Å². The van der Waals surface area contributed by atoms with Crippen LogP contribution in [0.1, 0.15) is 22.8 Å². The van der Waals surface area contributed by atoms with Crippen LogP contribution in [0, 0.1) is 6.92 Å². The molecule has 154 valence electrons. The van der Waals surface area contributed by atoms with Crippen LogP contribution in [-0.2, 0) is 4.79 Å². The Morgan fingerprint density at radius 1 is 0.933 bits per heavy atom. The zero-order valence-corrected chi connectivity index (χ0v) is 18.0. The topological polar surface area (TPSA) is 67.4 Å². The second-order valence-corrected chi connectivity index (χ2v) is 8.19. The van der Waals surface area contributed by atoms with Crippen LogP contribution in [0.5, 0.6) is 5.75 Å². The number of thioether (sulfide) groups is 1. The van der Waals surface area contributed by atoms with Crippen LogP contribution in [0.2, 0.25) is 0 Å². The van der Waals surface area contributed by atoms with Crippen molar-refractivity contribution in [1.82, 2.24) is 0 Å². The fraction of sp³-hybridized carbons (Fsp3) is 0.167. The standard InChI is InChI=1S/C24H24N2O3S/c1-16-7-4-5-10-22(16)26-23(27)17(2)30-21-9-6-8-19(15-21)25-24(28)18-11-13-20(29-3)14-12-18/h4-15,17H,1-3H3,(H,25,28)(H,26,27).